The second kappa shape index (κ2) is 4.61. The molecule has 0 aliphatic rings. The minimum absolute atomic E-state index is 0.611. The molecule has 0 N–H and O–H groups in total. The molecule has 0 spiro atoms. The maximum Gasteiger partial charge on any atom is 0.220 e. The van der Waals surface area contributed by atoms with Gasteiger partial charge in [0, 0.05) is 32.7 Å². The Kier molecular flexibility index (Phi) is 3.40. The lowest BCUT2D eigenvalue weighted by molar-refractivity contribution is 0.510. The third-order valence-electron chi connectivity index (χ3n) is 3.29. The molecule has 1 aromatic heterocycles. The fraction of sp³-hybridized carbons (Fsp3) is 0.462. The number of hydrogen-bond donors (Lipinski definition) is 0. The van der Waals surface area contributed by atoms with Crippen LogP contribution in [0, 0.1) is 6.92 Å². The first kappa shape index (κ1) is 14.0. The first-order valence-electron chi connectivity index (χ1n) is 6.08. The summed E-state index contributed by atoms with van der Waals surface area (Å²) in [7, 11) is 1.60. The number of nitrogens with zero attached hydrogens (tertiary/aromatic N) is 3. The van der Waals surface area contributed by atoms with E-state index in [0.29, 0.717) is 0 Å². The number of fused-ring (bicyclic) bond motifs is 1. The van der Waals surface area contributed by atoms with E-state index in [-0.39, 0.29) is 0 Å². The zero-order valence-electron chi connectivity index (χ0n) is 11.9. The maximum absolute atomic E-state index is 12.3. The van der Waals surface area contributed by atoms with Crippen LogP contribution in [0.4, 0.5) is 0 Å². The number of benzene rings is 1. The molecule has 2 rings (SSSR count). The molecule has 0 bridgehead atoms. The van der Waals surface area contributed by atoms with Crippen LogP contribution in [0.5, 0.6) is 0 Å². The molecule has 0 aliphatic heterocycles. The molecule has 0 fully saturated rings. The van der Waals surface area contributed by atoms with Crippen molar-refractivity contribution in [3.8, 4) is 0 Å². The Balaban J connectivity index is 2.68. The standard InChI is InChI=1S/C13H19N3O2S/c1-9-6-11-8-16(5)14-13(11)12(7-9)10(2)19(17,18)15(3)4/h6-8,10H,1-5H3. The van der Waals surface area contributed by atoms with Crippen LogP contribution in [0.25, 0.3) is 10.9 Å². The van der Waals surface area contributed by atoms with Gasteiger partial charge in [-0.05, 0) is 25.5 Å². The van der Waals surface area contributed by atoms with Gasteiger partial charge in [0.15, 0.2) is 0 Å². The molecule has 0 radical (unpaired) electrons. The van der Waals surface area contributed by atoms with Crippen LogP contribution in [0.1, 0.15) is 23.3 Å². The first-order valence-corrected chi connectivity index (χ1v) is 7.59. The van der Waals surface area contributed by atoms with Crippen LogP contribution in [-0.4, -0.2) is 36.6 Å². The van der Waals surface area contributed by atoms with Crippen LogP contribution in [0.2, 0.25) is 0 Å². The molecular formula is C13H19N3O2S. The molecule has 1 unspecified atom stereocenters. The third kappa shape index (κ3) is 2.37. The zero-order valence-corrected chi connectivity index (χ0v) is 12.7. The molecule has 0 amide bonds. The Morgan fingerprint density at radius 2 is 1.95 bits per heavy atom. The van der Waals surface area contributed by atoms with Gasteiger partial charge < -0.3 is 0 Å². The Hall–Kier alpha value is -1.40. The summed E-state index contributed by atoms with van der Waals surface area (Å²) in [5, 5.41) is 4.74. The molecular weight excluding hydrogens is 262 g/mol. The van der Waals surface area contributed by atoms with Crippen molar-refractivity contribution in [1.29, 1.82) is 0 Å². The highest BCUT2D eigenvalue weighted by Crippen LogP contribution is 2.30. The van der Waals surface area contributed by atoms with Crippen molar-refractivity contribution < 1.29 is 8.42 Å². The van der Waals surface area contributed by atoms with Crippen LogP contribution in [-0.2, 0) is 17.1 Å². The van der Waals surface area contributed by atoms with E-state index in [0.717, 1.165) is 22.0 Å². The largest absolute Gasteiger partial charge is 0.275 e. The van der Waals surface area contributed by atoms with E-state index in [1.807, 2.05) is 32.3 Å². The summed E-state index contributed by atoms with van der Waals surface area (Å²) in [4.78, 5) is 0. The smallest absolute Gasteiger partial charge is 0.220 e. The van der Waals surface area contributed by atoms with Gasteiger partial charge in [-0.2, -0.15) is 5.10 Å². The van der Waals surface area contributed by atoms with Crippen LogP contribution >= 0.6 is 0 Å². The molecule has 104 valence electrons. The second-order valence-corrected chi connectivity index (χ2v) is 7.53. The molecule has 6 heteroatoms. The van der Waals surface area contributed by atoms with Crippen molar-refractivity contribution in [1.82, 2.24) is 14.1 Å². The van der Waals surface area contributed by atoms with Gasteiger partial charge in [-0.1, -0.05) is 11.6 Å². The zero-order chi connectivity index (χ0) is 14.4. The van der Waals surface area contributed by atoms with E-state index < -0.39 is 15.3 Å². The van der Waals surface area contributed by atoms with Crippen LogP contribution < -0.4 is 0 Å². The normalized spacial score (nSPS) is 14.2. The van der Waals surface area contributed by atoms with Crippen molar-refractivity contribution in [2.45, 2.75) is 19.1 Å². The average Bonchev–Trinajstić information content (AvgIpc) is 2.66. The van der Waals surface area contributed by atoms with Crippen molar-refractivity contribution >= 4 is 20.9 Å². The molecule has 1 atom stereocenters. The van der Waals surface area contributed by atoms with E-state index in [2.05, 4.69) is 5.10 Å². The average molecular weight is 281 g/mol. The third-order valence-corrected chi connectivity index (χ3v) is 5.46. The van der Waals surface area contributed by atoms with Gasteiger partial charge in [0.05, 0.1) is 10.8 Å². The minimum atomic E-state index is -3.34. The Labute approximate surface area is 113 Å². The van der Waals surface area contributed by atoms with E-state index >= 15 is 0 Å². The molecule has 1 aromatic carbocycles. The highest BCUT2D eigenvalue weighted by atomic mass is 32.2. The van der Waals surface area contributed by atoms with Gasteiger partial charge >= 0.3 is 0 Å². The topological polar surface area (TPSA) is 55.2 Å². The molecule has 0 saturated carbocycles. The van der Waals surface area contributed by atoms with Gasteiger partial charge in [-0.25, -0.2) is 12.7 Å². The summed E-state index contributed by atoms with van der Waals surface area (Å²) < 4.78 is 27.5. The van der Waals surface area contributed by atoms with Crippen molar-refractivity contribution in [3.63, 3.8) is 0 Å². The minimum Gasteiger partial charge on any atom is -0.275 e. The molecule has 0 aliphatic carbocycles. The summed E-state index contributed by atoms with van der Waals surface area (Å²) in [6, 6.07) is 3.92. The molecule has 19 heavy (non-hydrogen) atoms. The lowest BCUT2D eigenvalue weighted by Crippen LogP contribution is -2.27. The van der Waals surface area contributed by atoms with E-state index in [1.165, 1.54) is 4.31 Å². The van der Waals surface area contributed by atoms with E-state index in [9.17, 15) is 8.42 Å². The quantitative estimate of drug-likeness (QED) is 0.862. The number of rotatable bonds is 3. The fourth-order valence-electron chi connectivity index (χ4n) is 2.22. The summed E-state index contributed by atoms with van der Waals surface area (Å²) in [5.41, 5.74) is 2.55. The summed E-state index contributed by atoms with van der Waals surface area (Å²) >= 11 is 0. The number of aryl methyl sites for hydroxylation is 2. The lowest BCUT2D eigenvalue weighted by atomic mass is 10.1. The fourth-order valence-corrected chi connectivity index (χ4v) is 3.36. The van der Waals surface area contributed by atoms with Crippen LogP contribution in [0.3, 0.4) is 0 Å². The van der Waals surface area contributed by atoms with E-state index in [4.69, 9.17) is 0 Å². The Morgan fingerprint density at radius 1 is 1.32 bits per heavy atom. The van der Waals surface area contributed by atoms with Crippen molar-refractivity contribution in [3.05, 3.63) is 29.5 Å². The summed E-state index contributed by atoms with van der Waals surface area (Å²) in [5.74, 6) is 0. The molecule has 5 nitrogen and oxygen atoms in total. The molecule has 1 heterocycles. The highest BCUT2D eigenvalue weighted by molar-refractivity contribution is 7.89. The van der Waals surface area contributed by atoms with E-state index in [1.54, 1.807) is 25.7 Å². The monoisotopic (exact) mass is 281 g/mol. The first-order chi connectivity index (χ1) is 8.73. The summed E-state index contributed by atoms with van der Waals surface area (Å²) in [6.45, 7) is 3.67. The van der Waals surface area contributed by atoms with Crippen molar-refractivity contribution in [2.75, 3.05) is 14.1 Å². The van der Waals surface area contributed by atoms with Gasteiger partial charge in [0.1, 0.15) is 0 Å². The highest BCUT2D eigenvalue weighted by Gasteiger charge is 2.27. The second-order valence-electron chi connectivity index (χ2n) is 5.06. The molecule has 2 aromatic rings. The number of sulfonamides is 1. The Morgan fingerprint density at radius 3 is 2.53 bits per heavy atom. The number of hydrogen-bond acceptors (Lipinski definition) is 3. The van der Waals surface area contributed by atoms with Gasteiger partial charge in [-0.15, -0.1) is 0 Å². The van der Waals surface area contributed by atoms with Gasteiger partial charge in [0.25, 0.3) is 0 Å². The van der Waals surface area contributed by atoms with Crippen LogP contribution in [0.15, 0.2) is 18.3 Å². The predicted molar refractivity (Wildman–Crippen MR) is 76.5 cm³/mol. The Bertz CT molecular complexity index is 717. The number of aromatic nitrogens is 2. The SMILES string of the molecule is Cc1cc(C(C)S(=O)(=O)N(C)C)c2nn(C)cc2c1. The predicted octanol–water partition coefficient (Wildman–Crippen LogP) is 1.83. The van der Waals surface area contributed by atoms with Crippen molar-refractivity contribution in [2.24, 2.45) is 7.05 Å². The van der Waals surface area contributed by atoms with Gasteiger partial charge in [-0.3, -0.25) is 4.68 Å². The maximum atomic E-state index is 12.3. The molecule has 0 saturated heterocycles. The van der Waals surface area contributed by atoms with Gasteiger partial charge in [0.2, 0.25) is 10.0 Å². The lowest BCUT2D eigenvalue weighted by Gasteiger charge is -2.19. The summed E-state index contributed by atoms with van der Waals surface area (Å²) in [6.07, 6.45) is 1.90.